The summed E-state index contributed by atoms with van der Waals surface area (Å²) in [5.74, 6) is 1.57. The summed E-state index contributed by atoms with van der Waals surface area (Å²) in [5.41, 5.74) is 4.34. The Balaban J connectivity index is 1.09. The smallest absolute Gasteiger partial charge is 0.410 e. The summed E-state index contributed by atoms with van der Waals surface area (Å²) in [6, 6.07) is 11.6. The van der Waals surface area contributed by atoms with Crippen molar-refractivity contribution < 1.29 is 24.2 Å². The lowest BCUT2D eigenvalue weighted by Crippen LogP contribution is -2.51. The first kappa shape index (κ1) is 32.2. The van der Waals surface area contributed by atoms with Crippen LogP contribution in [0.5, 0.6) is 5.75 Å². The summed E-state index contributed by atoms with van der Waals surface area (Å²) in [6.07, 6.45) is 9.58. The van der Waals surface area contributed by atoms with Crippen molar-refractivity contribution in [3.05, 3.63) is 58.7 Å². The summed E-state index contributed by atoms with van der Waals surface area (Å²) in [5, 5.41) is 13.4. The first-order valence-electron chi connectivity index (χ1n) is 17.5. The summed E-state index contributed by atoms with van der Waals surface area (Å²) in [4.78, 5) is 46.1. The maximum absolute atomic E-state index is 14.0. The van der Waals surface area contributed by atoms with E-state index in [2.05, 4.69) is 11.4 Å². The van der Waals surface area contributed by atoms with Gasteiger partial charge in [0.1, 0.15) is 5.75 Å². The van der Waals surface area contributed by atoms with Crippen molar-refractivity contribution >= 4 is 23.7 Å². The monoisotopic (exact) mass is 630 g/mol. The number of hydrogen-bond acceptors (Lipinski definition) is 5. The Labute approximate surface area is 273 Å². The number of rotatable bonds is 6. The number of carbonyl (C=O) groups excluding carboxylic acids is 3. The number of urea groups is 1. The van der Waals surface area contributed by atoms with Gasteiger partial charge in [-0.25, -0.2) is 9.59 Å². The normalized spacial score (nSPS) is 20.9. The second-order valence-electron chi connectivity index (χ2n) is 14.0. The largest absolute Gasteiger partial charge is 0.507 e. The van der Waals surface area contributed by atoms with E-state index in [-0.39, 0.29) is 30.2 Å². The van der Waals surface area contributed by atoms with Crippen LogP contribution in [0.15, 0.2) is 36.4 Å². The molecule has 0 aromatic heterocycles. The Morgan fingerprint density at radius 2 is 1.50 bits per heavy atom. The number of aromatic hydroxyl groups is 1. The number of anilines is 1. The molecule has 4 amide bonds. The van der Waals surface area contributed by atoms with E-state index in [9.17, 15) is 19.5 Å². The number of benzene rings is 2. The summed E-state index contributed by atoms with van der Waals surface area (Å²) in [7, 11) is 0. The fraction of sp³-hybridized carbons (Fsp3) is 0.595. The molecular formula is C37H50N4O5. The van der Waals surface area contributed by atoms with Gasteiger partial charge < -0.3 is 29.9 Å². The van der Waals surface area contributed by atoms with Crippen molar-refractivity contribution in [2.24, 2.45) is 11.8 Å². The number of hydrogen-bond donors (Lipinski definition) is 2. The third kappa shape index (κ3) is 7.29. The van der Waals surface area contributed by atoms with Crippen molar-refractivity contribution in [1.82, 2.24) is 14.7 Å². The predicted octanol–water partition coefficient (Wildman–Crippen LogP) is 6.43. The number of aryl methyl sites for hydroxylation is 2. The standard InChI is InChI=1S/C37H50N4O5/c1-25-22-27(23-26(2)34(25)42)24-33(35(43)39-17-12-29(13-18-39)28-8-4-3-5-9-28)46-37(45)40-19-15-31(16-20-40)41-21-14-30-10-6-7-11-32(30)38-36(41)44/h6-7,10-11,22-23,28-29,31,33,42H,3-5,8-9,12-21,24H2,1-2H3,(H,38,44)/t33-/m1/s1. The van der Waals surface area contributed by atoms with Crippen LogP contribution in [0.1, 0.15) is 80.0 Å². The average Bonchev–Trinajstić information content (AvgIpc) is 3.25. The fourth-order valence-electron chi connectivity index (χ4n) is 8.25. The van der Waals surface area contributed by atoms with Crippen LogP contribution in [0.2, 0.25) is 0 Å². The zero-order chi connectivity index (χ0) is 32.2. The third-order valence-corrected chi connectivity index (χ3v) is 11.0. The number of amides is 4. The molecule has 3 aliphatic heterocycles. The minimum Gasteiger partial charge on any atom is -0.507 e. The molecule has 0 spiro atoms. The number of fused-ring (bicyclic) bond motifs is 1. The van der Waals surface area contributed by atoms with Gasteiger partial charge >= 0.3 is 12.1 Å². The highest BCUT2D eigenvalue weighted by atomic mass is 16.6. The highest BCUT2D eigenvalue weighted by molar-refractivity contribution is 5.91. The number of carbonyl (C=O) groups is 3. The number of likely N-dealkylation sites (tertiary alicyclic amines) is 2. The van der Waals surface area contributed by atoms with Gasteiger partial charge in [0.25, 0.3) is 5.91 Å². The molecule has 9 heteroatoms. The number of phenols is 1. The van der Waals surface area contributed by atoms with Gasteiger partial charge in [0.05, 0.1) is 0 Å². The van der Waals surface area contributed by atoms with Gasteiger partial charge in [-0.05, 0) is 86.1 Å². The summed E-state index contributed by atoms with van der Waals surface area (Å²) >= 11 is 0. The zero-order valence-electron chi connectivity index (χ0n) is 27.5. The minimum atomic E-state index is -0.935. The van der Waals surface area contributed by atoms with Crippen LogP contribution >= 0.6 is 0 Å². The van der Waals surface area contributed by atoms with E-state index in [1.807, 2.05) is 54.0 Å². The SMILES string of the molecule is Cc1cc(C[C@@H](OC(=O)N2CCC(N3CCc4ccccc4NC3=O)CC2)C(=O)N2CCC(C3CCCCC3)CC2)cc(C)c1O. The molecule has 0 radical (unpaired) electrons. The molecule has 2 aromatic rings. The Bertz CT molecular complexity index is 1380. The molecule has 2 N–H and O–H groups in total. The van der Waals surface area contributed by atoms with E-state index < -0.39 is 12.2 Å². The van der Waals surface area contributed by atoms with Crippen molar-refractivity contribution in [2.45, 2.75) is 96.6 Å². The molecule has 0 unspecified atom stereocenters. The summed E-state index contributed by atoms with van der Waals surface area (Å²) in [6.45, 7) is 6.66. The lowest BCUT2D eigenvalue weighted by atomic mass is 9.76. The fourth-order valence-corrected chi connectivity index (χ4v) is 8.25. The highest BCUT2D eigenvalue weighted by Gasteiger charge is 2.36. The molecule has 1 saturated carbocycles. The molecule has 0 bridgehead atoms. The maximum atomic E-state index is 14.0. The molecule has 1 aliphatic carbocycles. The quantitative estimate of drug-likeness (QED) is 0.383. The number of nitrogens with one attached hydrogen (secondary N) is 1. The Hall–Kier alpha value is -3.75. The molecule has 46 heavy (non-hydrogen) atoms. The predicted molar refractivity (Wildman–Crippen MR) is 178 cm³/mol. The van der Waals surface area contributed by atoms with E-state index in [1.54, 1.807) is 4.90 Å². The van der Waals surface area contributed by atoms with Crippen LogP contribution in [0.3, 0.4) is 0 Å². The molecule has 1 atom stereocenters. The van der Waals surface area contributed by atoms with Gasteiger partial charge in [-0.2, -0.15) is 0 Å². The van der Waals surface area contributed by atoms with Crippen LogP contribution in [0.4, 0.5) is 15.3 Å². The number of piperidine rings is 2. The van der Waals surface area contributed by atoms with Crippen LogP contribution < -0.4 is 5.32 Å². The van der Waals surface area contributed by atoms with Crippen LogP contribution in [-0.4, -0.2) is 82.7 Å². The Kier molecular flexibility index (Phi) is 10.0. The maximum Gasteiger partial charge on any atom is 0.410 e. The van der Waals surface area contributed by atoms with Gasteiger partial charge in [-0.15, -0.1) is 0 Å². The van der Waals surface area contributed by atoms with Crippen molar-refractivity contribution in [3.63, 3.8) is 0 Å². The molecule has 4 aliphatic rings. The first-order valence-corrected chi connectivity index (χ1v) is 17.5. The zero-order valence-corrected chi connectivity index (χ0v) is 27.5. The lowest BCUT2D eigenvalue weighted by Gasteiger charge is -2.39. The van der Waals surface area contributed by atoms with Gasteiger partial charge in [-0.3, -0.25) is 4.79 Å². The number of para-hydroxylation sites is 1. The number of phenolic OH excluding ortho intramolecular Hbond substituents is 1. The van der Waals surface area contributed by atoms with E-state index in [4.69, 9.17) is 4.74 Å². The van der Waals surface area contributed by atoms with E-state index in [1.165, 1.54) is 32.1 Å². The van der Waals surface area contributed by atoms with E-state index in [0.717, 1.165) is 53.1 Å². The van der Waals surface area contributed by atoms with Crippen LogP contribution in [0, 0.1) is 25.7 Å². The molecular weight excluding hydrogens is 580 g/mol. The Morgan fingerprint density at radius 3 is 2.20 bits per heavy atom. The Morgan fingerprint density at radius 1 is 0.870 bits per heavy atom. The van der Waals surface area contributed by atoms with Crippen molar-refractivity contribution in [1.29, 1.82) is 0 Å². The molecule has 3 fully saturated rings. The second kappa shape index (κ2) is 14.3. The van der Waals surface area contributed by atoms with Crippen LogP contribution in [0.25, 0.3) is 0 Å². The van der Waals surface area contributed by atoms with Gasteiger partial charge in [0.2, 0.25) is 0 Å². The molecule has 2 saturated heterocycles. The van der Waals surface area contributed by atoms with Crippen molar-refractivity contribution in [3.8, 4) is 5.75 Å². The summed E-state index contributed by atoms with van der Waals surface area (Å²) < 4.78 is 6.07. The molecule has 6 rings (SSSR count). The number of ether oxygens (including phenoxy) is 1. The van der Waals surface area contributed by atoms with E-state index >= 15 is 0 Å². The van der Waals surface area contributed by atoms with Gasteiger partial charge in [-0.1, -0.05) is 62.4 Å². The topological polar surface area (TPSA) is 102 Å². The van der Waals surface area contributed by atoms with Gasteiger partial charge in [0, 0.05) is 50.9 Å². The van der Waals surface area contributed by atoms with Crippen LogP contribution in [-0.2, 0) is 22.4 Å². The molecule has 3 heterocycles. The molecule has 2 aromatic carbocycles. The first-order chi connectivity index (χ1) is 22.3. The van der Waals surface area contributed by atoms with Gasteiger partial charge in [0.15, 0.2) is 6.10 Å². The minimum absolute atomic E-state index is 0.0317. The third-order valence-electron chi connectivity index (χ3n) is 11.0. The van der Waals surface area contributed by atoms with Crippen molar-refractivity contribution in [2.75, 3.05) is 38.0 Å². The molecule has 248 valence electrons. The van der Waals surface area contributed by atoms with E-state index in [0.29, 0.717) is 51.5 Å². The highest BCUT2D eigenvalue weighted by Crippen LogP contribution is 2.36. The second-order valence-corrected chi connectivity index (χ2v) is 14.0. The molecule has 9 nitrogen and oxygen atoms in total. The number of nitrogens with zero attached hydrogens (tertiary/aromatic N) is 3. The lowest BCUT2D eigenvalue weighted by molar-refractivity contribution is -0.142. The average molecular weight is 631 g/mol.